The second-order valence-corrected chi connectivity index (χ2v) is 9.59. The zero-order chi connectivity index (χ0) is 22.0. The van der Waals surface area contributed by atoms with Crippen LogP contribution < -0.4 is 5.73 Å². The molecule has 0 radical (unpaired) electrons. The van der Waals surface area contributed by atoms with Crippen molar-refractivity contribution < 1.29 is 9.59 Å². The number of amides is 2. The highest BCUT2D eigenvalue weighted by Gasteiger charge is 2.29. The molecule has 9 heteroatoms. The highest BCUT2D eigenvalue weighted by molar-refractivity contribution is 7.15. The highest BCUT2D eigenvalue weighted by Crippen LogP contribution is 2.36. The Morgan fingerprint density at radius 2 is 1.81 bits per heavy atom. The SMILES string of the molecule is Cc1nccc(-c2sc(C3CCN(C(=O)CN4CCC(C(N)=O)CC4)CC3)nc2C)n1. The molecule has 2 aromatic heterocycles. The summed E-state index contributed by atoms with van der Waals surface area (Å²) in [6.45, 7) is 7.42. The molecule has 0 unspecified atom stereocenters. The van der Waals surface area contributed by atoms with Gasteiger partial charge in [0, 0.05) is 31.1 Å². The third-order valence-electron chi connectivity index (χ3n) is 6.37. The van der Waals surface area contributed by atoms with Crippen LogP contribution in [0.3, 0.4) is 0 Å². The van der Waals surface area contributed by atoms with Crippen LogP contribution in [0.2, 0.25) is 0 Å². The normalized spacial score (nSPS) is 19.0. The Labute approximate surface area is 186 Å². The van der Waals surface area contributed by atoms with Crippen molar-refractivity contribution in [3.8, 4) is 10.6 Å². The summed E-state index contributed by atoms with van der Waals surface area (Å²) in [7, 11) is 0. The van der Waals surface area contributed by atoms with E-state index in [-0.39, 0.29) is 17.7 Å². The Kier molecular flexibility index (Phi) is 6.62. The fourth-order valence-electron chi connectivity index (χ4n) is 4.45. The molecule has 4 rings (SSSR count). The molecule has 4 heterocycles. The van der Waals surface area contributed by atoms with E-state index in [1.807, 2.05) is 24.8 Å². The fourth-order valence-corrected chi connectivity index (χ4v) is 5.66. The number of piperidine rings is 2. The largest absolute Gasteiger partial charge is 0.369 e. The number of hydrogen-bond acceptors (Lipinski definition) is 7. The van der Waals surface area contributed by atoms with Crippen LogP contribution in [0.1, 0.15) is 48.1 Å². The molecule has 2 aromatic rings. The molecule has 2 aliphatic rings. The lowest BCUT2D eigenvalue weighted by molar-refractivity contribution is -0.134. The zero-order valence-electron chi connectivity index (χ0n) is 18.2. The van der Waals surface area contributed by atoms with Crippen molar-refractivity contribution in [1.29, 1.82) is 0 Å². The summed E-state index contributed by atoms with van der Waals surface area (Å²) in [6, 6.07) is 1.94. The minimum Gasteiger partial charge on any atom is -0.369 e. The van der Waals surface area contributed by atoms with E-state index in [0.717, 1.165) is 79.0 Å². The number of carbonyl (C=O) groups excluding carboxylic acids is 2. The molecule has 2 saturated heterocycles. The van der Waals surface area contributed by atoms with Gasteiger partial charge < -0.3 is 10.6 Å². The van der Waals surface area contributed by atoms with Crippen molar-refractivity contribution >= 4 is 23.2 Å². The second-order valence-electron chi connectivity index (χ2n) is 8.56. The summed E-state index contributed by atoms with van der Waals surface area (Å²) < 4.78 is 0. The molecule has 0 saturated carbocycles. The Bertz CT molecular complexity index is 945. The second kappa shape index (κ2) is 9.40. The van der Waals surface area contributed by atoms with Gasteiger partial charge >= 0.3 is 0 Å². The molecule has 31 heavy (non-hydrogen) atoms. The van der Waals surface area contributed by atoms with Crippen molar-refractivity contribution in [3.63, 3.8) is 0 Å². The van der Waals surface area contributed by atoms with Gasteiger partial charge in [-0.15, -0.1) is 11.3 Å². The van der Waals surface area contributed by atoms with Crippen molar-refractivity contribution in [1.82, 2.24) is 24.8 Å². The molecule has 0 bridgehead atoms. The van der Waals surface area contributed by atoms with E-state index in [2.05, 4.69) is 14.9 Å². The quantitative estimate of drug-likeness (QED) is 0.760. The van der Waals surface area contributed by atoms with E-state index in [1.54, 1.807) is 17.5 Å². The monoisotopic (exact) mass is 442 g/mol. The lowest BCUT2D eigenvalue weighted by Crippen LogP contribution is -2.46. The lowest BCUT2D eigenvalue weighted by Gasteiger charge is -2.35. The maximum Gasteiger partial charge on any atom is 0.236 e. The topological polar surface area (TPSA) is 105 Å². The maximum absolute atomic E-state index is 12.8. The van der Waals surface area contributed by atoms with Gasteiger partial charge in [-0.25, -0.2) is 15.0 Å². The molecule has 0 aliphatic carbocycles. The van der Waals surface area contributed by atoms with Crippen LogP contribution in [0, 0.1) is 19.8 Å². The molecule has 0 atom stereocenters. The maximum atomic E-state index is 12.8. The molecule has 0 spiro atoms. The van der Waals surface area contributed by atoms with Gasteiger partial charge in [0.25, 0.3) is 0 Å². The summed E-state index contributed by atoms with van der Waals surface area (Å²) in [4.78, 5) is 42.9. The number of nitrogens with two attached hydrogens (primary N) is 1. The van der Waals surface area contributed by atoms with Gasteiger partial charge in [0.2, 0.25) is 11.8 Å². The smallest absolute Gasteiger partial charge is 0.236 e. The number of hydrogen-bond donors (Lipinski definition) is 1. The predicted octanol–water partition coefficient (Wildman–Crippen LogP) is 2.12. The predicted molar refractivity (Wildman–Crippen MR) is 120 cm³/mol. The molecular weight excluding hydrogens is 412 g/mol. The molecule has 2 fully saturated rings. The van der Waals surface area contributed by atoms with Gasteiger partial charge in [0.05, 0.1) is 27.8 Å². The third kappa shape index (κ3) is 5.10. The number of primary amides is 1. The van der Waals surface area contributed by atoms with Gasteiger partial charge in [-0.2, -0.15) is 0 Å². The van der Waals surface area contributed by atoms with Crippen LogP contribution in [0.25, 0.3) is 10.6 Å². The van der Waals surface area contributed by atoms with Crippen LogP contribution in [-0.4, -0.2) is 69.3 Å². The summed E-state index contributed by atoms with van der Waals surface area (Å²) in [5, 5.41) is 1.14. The van der Waals surface area contributed by atoms with Gasteiger partial charge in [-0.05, 0) is 58.7 Å². The average Bonchev–Trinajstić information content (AvgIpc) is 3.16. The Hall–Kier alpha value is -2.39. The van der Waals surface area contributed by atoms with Crippen LogP contribution in [0.5, 0.6) is 0 Å². The van der Waals surface area contributed by atoms with E-state index < -0.39 is 0 Å². The van der Waals surface area contributed by atoms with E-state index in [9.17, 15) is 9.59 Å². The number of carbonyl (C=O) groups is 2. The van der Waals surface area contributed by atoms with Crippen LogP contribution >= 0.6 is 11.3 Å². The first-order valence-corrected chi connectivity index (χ1v) is 11.8. The minimum absolute atomic E-state index is 0.0417. The molecule has 166 valence electrons. The highest BCUT2D eigenvalue weighted by atomic mass is 32.1. The van der Waals surface area contributed by atoms with Crippen molar-refractivity contribution in [2.24, 2.45) is 11.7 Å². The standard InChI is InChI=1S/C22H30N6O2S/c1-14-20(18-3-8-24-15(2)26-18)31-22(25-14)17-6-11-28(12-7-17)19(29)13-27-9-4-16(5-10-27)21(23)30/h3,8,16-17H,4-7,9-13H2,1-2H3,(H2,23,30). The lowest BCUT2D eigenvalue weighted by atomic mass is 9.96. The van der Waals surface area contributed by atoms with E-state index in [4.69, 9.17) is 10.7 Å². The van der Waals surface area contributed by atoms with E-state index in [0.29, 0.717) is 12.5 Å². The summed E-state index contributed by atoms with van der Waals surface area (Å²) in [5.74, 6) is 1.07. The molecule has 2 amide bonds. The van der Waals surface area contributed by atoms with E-state index in [1.165, 1.54) is 0 Å². The molecule has 2 N–H and O–H groups in total. The van der Waals surface area contributed by atoms with Crippen LogP contribution in [0.15, 0.2) is 12.3 Å². The van der Waals surface area contributed by atoms with Gasteiger partial charge in [-0.1, -0.05) is 0 Å². The average molecular weight is 443 g/mol. The number of rotatable bonds is 5. The number of nitrogens with zero attached hydrogens (tertiary/aromatic N) is 5. The fraction of sp³-hybridized carbons (Fsp3) is 0.591. The first-order chi connectivity index (χ1) is 14.9. The number of likely N-dealkylation sites (tertiary alicyclic amines) is 2. The van der Waals surface area contributed by atoms with E-state index >= 15 is 0 Å². The molecule has 8 nitrogen and oxygen atoms in total. The molecular formula is C22H30N6O2S. The summed E-state index contributed by atoms with van der Waals surface area (Å²) in [5.41, 5.74) is 7.34. The molecule has 2 aliphatic heterocycles. The Morgan fingerprint density at radius 1 is 1.10 bits per heavy atom. The van der Waals surface area contributed by atoms with Gasteiger partial charge in [0.15, 0.2) is 0 Å². The van der Waals surface area contributed by atoms with Crippen molar-refractivity contribution in [2.45, 2.75) is 45.4 Å². The van der Waals surface area contributed by atoms with Crippen molar-refractivity contribution in [2.75, 3.05) is 32.7 Å². The zero-order valence-corrected chi connectivity index (χ0v) is 19.0. The minimum atomic E-state index is -0.219. The number of thiazole rings is 1. The van der Waals surface area contributed by atoms with Crippen LogP contribution in [0.4, 0.5) is 0 Å². The third-order valence-corrected chi connectivity index (χ3v) is 7.71. The summed E-state index contributed by atoms with van der Waals surface area (Å²) >= 11 is 1.72. The molecule has 0 aromatic carbocycles. The summed E-state index contributed by atoms with van der Waals surface area (Å²) in [6.07, 6.45) is 5.16. The van der Waals surface area contributed by atoms with Gasteiger partial charge in [-0.3, -0.25) is 14.5 Å². The van der Waals surface area contributed by atoms with Gasteiger partial charge in [0.1, 0.15) is 5.82 Å². The Balaban J connectivity index is 1.30. The first-order valence-electron chi connectivity index (χ1n) is 11.0. The first kappa shape index (κ1) is 21.8. The van der Waals surface area contributed by atoms with Crippen molar-refractivity contribution in [3.05, 3.63) is 28.8 Å². The Morgan fingerprint density at radius 3 is 2.45 bits per heavy atom. The van der Waals surface area contributed by atoms with Crippen LogP contribution in [-0.2, 0) is 9.59 Å². The number of aromatic nitrogens is 3. The number of aryl methyl sites for hydroxylation is 2.